The lowest BCUT2D eigenvalue weighted by Crippen LogP contribution is -2.41. The molecule has 0 saturated heterocycles. The van der Waals surface area contributed by atoms with E-state index in [4.69, 9.17) is 16.7 Å². The van der Waals surface area contributed by atoms with Crippen molar-refractivity contribution in [1.29, 1.82) is 0 Å². The Labute approximate surface area is 110 Å². The molecule has 1 aromatic heterocycles. The molecule has 2 N–H and O–H groups in total. The van der Waals surface area contributed by atoms with Crippen molar-refractivity contribution in [3.05, 3.63) is 29.0 Å². The molecule has 18 heavy (non-hydrogen) atoms. The maximum Gasteiger partial charge on any atom is 0.326 e. The van der Waals surface area contributed by atoms with Crippen molar-refractivity contribution < 1.29 is 14.7 Å². The molecule has 5 nitrogen and oxygen atoms in total. The van der Waals surface area contributed by atoms with Gasteiger partial charge in [-0.15, -0.1) is 0 Å². The zero-order valence-electron chi connectivity index (χ0n) is 10.2. The molecule has 0 aromatic carbocycles. The molecule has 0 aliphatic carbocycles. The maximum absolute atomic E-state index is 11.8. The van der Waals surface area contributed by atoms with E-state index in [1.54, 1.807) is 0 Å². The molecule has 0 fully saturated rings. The van der Waals surface area contributed by atoms with Crippen LogP contribution >= 0.6 is 11.6 Å². The smallest absolute Gasteiger partial charge is 0.326 e. The summed E-state index contributed by atoms with van der Waals surface area (Å²) < 4.78 is 0. The lowest BCUT2D eigenvalue weighted by Gasteiger charge is -2.16. The number of rotatable bonds is 5. The maximum atomic E-state index is 11.8. The second kappa shape index (κ2) is 6.35. The minimum absolute atomic E-state index is 0.176. The van der Waals surface area contributed by atoms with Gasteiger partial charge < -0.3 is 10.4 Å². The van der Waals surface area contributed by atoms with E-state index in [0.29, 0.717) is 6.42 Å². The highest BCUT2D eigenvalue weighted by atomic mass is 35.5. The topological polar surface area (TPSA) is 79.3 Å². The molecule has 1 amide bonds. The van der Waals surface area contributed by atoms with Gasteiger partial charge in [-0.05, 0) is 24.5 Å². The summed E-state index contributed by atoms with van der Waals surface area (Å²) in [5.74, 6) is -1.33. The quantitative estimate of drug-likeness (QED) is 0.802. The van der Waals surface area contributed by atoms with Crippen LogP contribution in [0.15, 0.2) is 18.3 Å². The van der Waals surface area contributed by atoms with Gasteiger partial charge in [0.05, 0.1) is 5.56 Å². The Hall–Kier alpha value is -1.62. The number of carbonyl (C=O) groups is 2. The summed E-state index contributed by atoms with van der Waals surface area (Å²) in [5, 5.41) is 11.8. The molecule has 6 heteroatoms. The van der Waals surface area contributed by atoms with Gasteiger partial charge in [0.25, 0.3) is 5.91 Å². The van der Waals surface area contributed by atoms with Crippen molar-refractivity contribution in [2.24, 2.45) is 5.92 Å². The Bertz CT molecular complexity index is 431. The third-order valence-corrected chi connectivity index (χ3v) is 2.52. The summed E-state index contributed by atoms with van der Waals surface area (Å²) in [6.07, 6.45) is 1.69. The van der Waals surface area contributed by atoms with Crippen LogP contribution in [0.5, 0.6) is 0 Å². The summed E-state index contributed by atoms with van der Waals surface area (Å²) in [5.41, 5.74) is 0.286. The third-order valence-electron chi connectivity index (χ3n) is 2.30. The standard InChI is InChI=1S/C12H15ClN2O3/c1-7(2)5-9(12(17)18)15-11(16)8-3-4-10(13)14-6-8/h3-4,6-7,9H,5H2,1-2H3,(H,15,16)(H,17,18). The minimum Gasteiger partial charge on any atom is -0.480 e. The number of hydrogen-bond donors (Lipinski definition) is 2. The number of carbonyl (C=O) groups excluding carboxylic acids is 1. The highest BCUT2D eigenvalue weighted by Crippen LogP contribution is 2.08. The van der Waals surface area contributed by atoms with Gasteiger partial charge in [0.2, 0.25) is 0 Å². The van der Waals surface area contributed by atoms with Crippen LogP contribution < -0.4 is 5.32 Å². The van der Waals surface area contributed by atoms with Crippen LogP contribution in [-0.4, -0.2) is 28.0 Å². The fourth-order valence-electron chi connectivity index (χ4n) is 1.44. The number of nitrogens with one attached hydrogen (secondary N) is 1. The number of aliphatic carboxylic acids is 1. The van der Waals surface area contributed by atoms with Crippen molar-refractivity contribution in [2.75, 3.05) is 0 Å². The van der Waals surface area contributed by atoms with Crippen LogP contribution in [0.25, 0.3) is 0 Å². The van der Waals surface area contributed by atoms with Crippen LogP contribution in [0.4, 0.5) is 0 Å². The SMILES string of the molecule is CC(C)CC(NC(=O)c1ccc(Cl)nc1)C(=O)O. The molecular weight excluding hydrogens is 256 g/mol. The largest absolute Gasteiger partial charge is 0.480 e. The first-order valence-electron chi connectivity index (χ1n) is 5.55. The molecule has 1 atom stereocenters. The average molecular weight is 271 g/mol. The number of nitrogens with zero attached hydrogens (tertiary/aromatic N) is 1. The number of carboxylic acid groups (broad SMARTS) is 1. The van der Waals surface area contributed by atoms with E-state index in [9.17, 15) is 9.59 Å². The highest BCUT2D eigenvalue weighted by Gasteiger charge is 2.21. The van der Waals surface area contributed by atoms with Crippen molar-refractivity contribution >= 4 is 23.5 Å². The Morgan fingerprint density at radius 3 is 2.56 bits per heavy atom. The fraction of sp³-hybridized carbons (Fsp3) is 0.417. The van der Waals surface area contributed by atoms with Crippen LogP contribution in [0, 0.1) is 5.92 Å². The van der Waals surface area contributed by atoms with Crippen LogP contribution in [0.3, 0.4) is 0 Å². The molecule has 0 saturated carbocycles. The normalized spacial score (nSPS) is 12.2. The molecule has 0 radical (unpaired) electrons. The first kappa shape index (κ1) is 14.4. The van der Waals surface area contributed by atoms with Gasteiger partial charge >= 0.3 is 5.97 Å². The Morgan fingerprint density at radius 2 is 2.11 bits per heavy atom. The number of amides is 1. The number of pyridine rings is 1. The summed E-state index contributed by atoms with van der Waals surface area (Å²) in [4.78, 5) is 26.6. The van der Waals surface area contributed by atoms with Crippen molar-refractivity contribution in [3.8, 4) is 0 Å². The molecule has 1 rings (SSSR count). The van der Waals surface area contributed by atoms with Crippen LogP contribution in [0.1, 0.15) is 30.6 Å². The van der Waals surface area contributed by atoms with Gasteiger partial charge in [-0.25, -0.2) is 9.78 Å². The molecule has 1 aromatic rings. The Morgan fingerprint density at radius 1 is 1.44 bits per heavy atom. The van der Waals surface area contributed by atoms with Crippen LogP contribution in [0.2, 0.25) is 5.15 Å². The van der Waals surface area contributed by atoms with Gasteiger partial charge in [0.1, 0.15) is 11.2 Å². The summed E-state index contributed by atoms with van der Waals surface area (Å²) >= 11 is 5.60. The van der Waals surface area contributed by atoms with Crippen molar-refractivity contribution in [1.82, 2.24) is 10.3 Å². The van der Waals surface area contributed by atoms with Gasteiger partial charge in [0.15, 0.2) is 0 Å². The Kier molecular flexibility index (Phi) is 5.09. The van der Waals surface area contributed by atoms with E-state index in [-0.39, 0.29) is 16.6 Å². The lowest BCUT2D eigenvalue weighted by molar-refractivity contribution is -0.139. The van der Waals surface area contributed by atoms with E-state index in [2.05, 4.69) is 10.3 Å². The van der Waals surface area contributed by atoms with E-state index in [0.717, 1.165) is 0 Å². The monoisotopic (exact) mass is 270 g/mol. The number of aromatic nitrogens is 1. The fourth-order valence-corrected chi connectivity index (χ4v) is 1.56. The average Bonchev–Trinajstić information content (AvgIpc) is 2.28. The zero-order chi connectivity index (χ0) is 13.7. The third kappa shape index (κ3) is 4.33. The molecule has 0 bridgehead atoms. The highest BCUT2D eigenvalue weighted by molar-refractivity contribution is 6.29. The molecule has 1 unspecified atom stereocenters. The lowest BCUT2D eigenvalue weighted by atomic mass is 10.0. The van der Waals surface area contributed by atoms with Gasteiger partial charge in [-0.1, -0.05) is 25.4 Å². The predicted molar refractivity (Wildman–Crippen MR) is 67.6 cm³/mol. The zero-order valence-corrected chi connectivity index (χ0v) is 10.9. The second-order valence-electron chi connectivity index (χ2n) is 4.36. The van der Waals surface area contributed by atoms with E-state index in [1.165, 1.54) is 18.3 Å². The van der Waals surface area contributed by atoms with E-state index < -0.39 is 17.9 Å². The molecule has 98 valence electrons. The molecule has 0 aliphatic heterocycles. The first-order valence-corrected chi connectivity index (χ1v) is 5.93. The van der Waals surface area contributed by atoms with Gasteiger partial charge in [-0.3, -0.25) is 4.79 Å². The summed E-state index contributed by atoms with van der Waals surface area (Å²) in [7, 11) is 0. The van der Waals surface area contributed by atoms with Gasteiger partial charge in [-0.2, -0.15) is 0 Å². The summed E-state index contributed by atoms with van der Waals surface area (Å²) in [6.45, 7) is 3.79. The van der Waals surface area contributed by atoms with E-state index in [1.807, 2.05) is 13.8 Å². The number of carboxylic acids is 1. The Balaban J connectivity index is 2.72. The molecular formula is C12H15ClN2O3. The number of hydrogen-bond acceptors (Lipinski definition) is 3. The van der Waals surface area contributed by atoms with Crippen molar-refractivity contribution in [3.63, 3.8) is 0 Å². The van der Waals surface area contributed by atoms with Crippen molar-refractivity contribution in [2.45, 2.75) is 26.3 Å². The summed E-state index contributed by atoms with van der Waals surface area (Å²) in [6, 6.07) is 2.08. The van der Waals surface area contributed by atoms with Gasteiger partial charge in [0, 0.05) is 6.20 Å². The first-order chi connectivity index (χ1) is 8.40. The molecule has 0 aliphatic rings. The second-order valence-corrected chi connectivity index (χ2v) is 4.75. The number of halogens is 1. The molecule has 1 heterocycles. The predicted octanol–water partition coefficient (Wildman–Crippen LogP) is 1.96. The molecule has 0 spiro atoms. The van der Waals surface area contributed by atoms with Crippen LogP contribution in [-0.2, 0) is 4.79 Å². The van der Waals surface area contributed by atoms with E-state index >= 15 is 0 Å². The minimum atomic E-state index is -1.04.